The minimum atomic E-state index is -0.558. The Hall–Kier alpha value is -4.41. The minimum Gasteiger partial charge on any atom is -0.490 e. The molecule has 0 unspecified atom stereocenters. The number of rotatable bonds is 9. The van der Waals surface area contributed by atoms with E-state index in [1.807, 2.05) is 20.8 Å². The first-order valence-electron chi connectivity index (χ1n) is 11.7. The molecule has 0 atom stereocenters. The van der Waals surface area contributed by atoms with Crippen LogP contribution in [0.25, 0.3) is 11.3 Å². The van der Waals surface area contributed by atoms with E-state index >= 15 is 0 Å². The topological polar surface area (TPSA) is 133 Å². The van der Waals surface area contributed by atoms with Crippen LogP contribution in [-0.4, -0.2) is 55.0 Å². The molecule has 1 aromatic heterocycles. The van der Waals surface area contributed by atoms with Gasteiger partial charge in [0.2, 0.25) is 5.75 Å². The van der Waals surface area contributed by atoms with Crippen LogP contribution in [-0.2, 0) is 0 Å². The molecule has 0 aliphatic carbocycles. The van der Waals surface area contributed by atoms with Gasteiger partial charge in [0.05, 0.1) is 37.3 Å². The van der Waals surface area contributed by atoms with E-state index in [1.54, 1.807) is 18.2 Å². The van der Waals surface area contributed by atoms with Crippen LogP contribution in [0.15, 0.2) is 36.5 Å². The summed E-state index contributed by atoms with van der Waals surface area (Å²) >= 11 is 0. The fourth-order valence-corrected chi connectivity index (χ4v) is 3.65. The van der Waals surface area contributed by atoms with Gasteiger partial charge in [0.25, 0.3) is 11.8 Å². The summed E-state index contributed by atoms with van der Waals surface area (Å²) in [5.41, 5.74) is 6.48. The molecule has 2 amide bonds. The number of nitrogens with one attached hydrogen (secondary N) is 3. The highest BCUT2D eigenvalue weighted by Crippen LogP contribution is 2.39. The third-order valence-corrected chi connectivity index (χ3v) is 5.18. The van der Waals surface area contributed by atoms with Gasteiger partial charge in [-0.3, -0.25) is 25.5 Å². The number of benzene rings is 2. The highest BCUT2D eigenvalue weighted by atomic mass is 16.6. The first kappa shape index (κ1) is 24.7. The van der Waals surface area contributed by atoms with Gasteiger partial charge in [-0.05, 0) is 51.1 Å². The lowest BCUT2D eigenvalue weighted by atomic mass is 10.1. The van der Waals surface area contributed by atoms with Crippen molar-refractivity contribution < 1.29 is 33.3 Å². The number of carbonyl (C=O) groups is 2. The molecule has 11 heteroatoms. The molecule has 1 aliphatic heterocycles. The lowest BCUT2D eigenvalue weighted by molar-refractivity contribution is 0.0846. The number of nitrogens with zero attached hydrogens (tertiary/aromatic N) is 1. The summed E-state index contributed by atoms with van der Waals surface area (Å²) < 4.78 is 28.1. The number of ether oxygens (including phenoxy) is 5. The molecule has 0 fully saturated rings. The molecule has 4 rings (SSSR count). The Kier molecular flexibility index (Phi) is 7.79. The first-order valence-corrected chi connectivity index (χ1v) is 11.7. The standard InChI is InChI=1S/C25H28N4O7/c1-4-32-20-12-16(13-21(33-5-2)23(20)34-6-3)24(30)28-29-25(31)17-14-26-27-22(17)15-7-8-18-19(11-15)36-10-9-35-18/h7-8,11-14H,4-6,9-10H2,1-3H3,(H,26,27)(H,28,30)(H,29,31). The lowest BCUT2D eigenvalue weighted by Crippen LogP contribution is -2.41. The Morgan fingerprint density at radius 3 is 2.19 bits per heavy atom. The Morgan fingerprint density at radius 1 is 0.889 bits per heavy atom. The van der Waals surface area contributed by atoms with Crippen LogP contribution in [0.2, 0.25) is 0 Å². The van der Waals surface area contributed by atoms with Crippen molar-refractivity contribution in [2.45, 2.75) is 20.8 Å². The van der Waals surface area contributed by atoms with Gasteiger partial charge in [-0.1, -0.05) is 0 Å². The van der Waals surface area contributed by atoms with Crippen molar-refractivity contribution in [3.05, 3.63) is 47.7 Å². The maximum Gasteiger partial charge on any atom is 0.273 e. The largest absolute Gasteiger partial charge is 0.490 e. The van der Waals surface area contributed by atoms with E-state index in [2.05, 4.69) is 21.0 Å². The highest BCUT2D eigenvalue weighted by molar-refractivity contribution is 6.02. The summed E-state index contributed by atoms with van der Waals surface area (Å²) in [6.45, 7) is 7.57. The van der Waals surface area contributed by atoms with Crippen LogP contribution in [0.1, 0.15) is 41.5 Å². The van der Waals surface area contributed by atoms with Crippen LogP contribution < -0.4 is 34.5 Å². The number of aromatic amines is 1. The van der Waals surface area contributed by atoms with E-state index in [4.69, 9.17) is 23.7 Å². The molecule has 1 aliphatic rings. The van der Waals surface area contributed by atoms with Crippen molar-refractivity contribution in [3.63, 3.8) is 0 Å². The fraction of sp³-hybridized carbons (Fsp3) is 0.320. The molecule has 2 heterocycles. The zero-order chi connectivity index (χ0) is 25.5. The molecule has 190 valence electrons. The van der Waals surface area contributed by atoms with E-state index < -0.39 is 11.8 Å². The van der Waals surface area contributed by atoms with Crippen LogP contribution in [0.5, 0.6) is 28.7 Å². The van der Waals surface area contributed by atoms with Gasteiger partial charge in [0.1, 0.15) is 13.2 Å². The van der Waals surface area contributed by atoms with Gasteiger partial charge in [-0.15, -0.1) is 0 Å². The zero-order valence-corrected chi connectivity index (χ0v) is 20.3. The highest BCUT2D eigenvalue weighted by Gasteiger charge is 2.21. The number of hydrogen-bond acceptors (Lipinski definition) is 8. The molecular weight excluding hydrogens is 468 g/mol. The molecule has 3 aromatic rings. The number of hydrogen-bond donors (Lipinski definition) is 3. The van der Waals surface area contributed by atoms with Gasteiger partial charge in [0.15, 0.2) is 23.0 Å². The molecule has 2 aromatic carbocycles. The Morgan fingerprint density at radius 2 is 1.53 bits per heavy atom. The van der Waals surface area contributed by atoms with Gasteiger partial charge < -0.3 is 23.7 Å². The van der Waals surface area contributed by atoms with E-state index in [0.717, 1.165) is 0 Å². The molecule has 3 N–H and O–H groups in total. The minimum absolute atomic E-state index is 0.227. The van der Waals surface area contributed by atoms with E-state index in [0.29, 0.717) is 73.0 Å². The van der Waals surface area contributed by atoms with Gasteiger partial charge in [-0.25, -0.2) is 0 Å². The van der Waals surface area contributed by atoms with E-state index in [-0.39, 0.29) is 11.1 Å². The summed E-state index contributed by atoms with van der Waals surface area (Å²) in [4.78, 5) is 25.8. The van der Waals surface area contributed by atoms with Crippen molar-refractivity contribution >= 4 is 11.8 Å². The van der Waals surface area contributed by atoms with Gasteiger partial charge >= 0.3 is 0 Å². The second-order valence-corrected chi connectivity index (χ2v) is 7.53. The average molecular weight is 497 g/mol. The molecule has 11 nitrogen and oxygen atoms in total. The number of amides is 2. The van der Waals surface area contributed by atoms with Gasteiger partial charge in [-0.2, -0.15) is 5.10 Å². The predicted octanol–water partition coefficient (Wildman–Crippen LogP) is 3.12. The van der Waals surface area contributed by atoms with Crippen molar-refractivity contribution in [3.8, 4) is 40.0 Å². The van der Waals surface area contributed by atoms with Crippen molar-refractivity contribution in [2.75, 3.05) is 33.0 Å². The number of hydrazine groups is 1. The Labute approximate surface area is 208 Å². The fourth-order valence-electron chi connectivity index (χ4n) is 3.65. The Bertz CT molecular complexity index is 1210. The number of H-pyrrole nitrogens is 1. The summed E-state index contributed by atoms with van der Waals surface area (Å²) in [5.74, 6) is 1.27. The van der Waals surface area contributed by atoms with Crippen LogP contribution in [0.3, 0.4) is 0 Å². The maximum absolute atomic E-state index is 12.9. The predicted molar refractivity (Wildman–Crippen MR) is 130 cm³/mol. The second kappa shape index (κ2) is 11.3. The van der Waals surface area contributed by atoms with Crippen molar-refractivity contribution in [2.24, 2.45) is 0 Å². The van der Waals surface area contributed by atoms with Crippen molar-refractivity contribution in [1.29, 1.82) is 0 Å². The lowest BCUT2D eigenvalue weighted by Gasteiger charge is -2.18. The second-order valence-electron chi connectivity index (χ2n) is 7.53. The number of carbonyl (C=O) groups excluding carboxylic acids is 2. The van der Waals surface area contributed by atoms with Crippen molar-refractivity contribution in [1.82, 2.24) is 21.0 Å². The molecular formula is C25H28N4O7. The maximum atomic E-state index is 12.9. The normalized spacial score (nSPS) is 12.0. The zero-order valence-electron chi connectivity index (χ0n) is 20.3. The summed E-state index contributed by atoms with van der Waals surface area (Å²) in [6, 6.07) is 8.41. The smallest absolute Gasteiger partial charge is 0.273 e. The number of fused-ring (bicyclic) bond motifs is 1. The molecule has 0 saturated heterocycles. The summed E-state index contributed by atoms with van der Waals surface area (Å²) in [5, 5.41) is 6.81. The van der Waals surface area contributed by atoms with Crippen LogP contribution >= 0.6 is 0 Å². The molecule has 0 saturated carbocycles. The summed E-state index contributed by atoms with van der Waals surface area (Å²) in [7, 11) is 0. The molecule has 0 spiro atoms. The van der Waals surface area contributed by atoms with E-state index in [9.17, 15) is 9.59 Å². The molecule has 36 heavy (non-hydrogen) atoms. The van der Waals surface area contributed by atoms with Crippen LogP contribution in [0, 0.1) is 0 Å². The average Bonchev–Trinajstić information content (AvgIpc) is 3.39. The number of aromatic nitrogens is 2. The quantitative estimate of drug-likeness (QED) is 0.385. The summed E-state index contributed by atoms with van der Waals surface area (Å²) in [6.07, 6.45) is 1.38. The Balaban J connectivity index is 1.50. The molecule has 0 bridgehead atoms. The first-order chi connectivity index (χ1) is 17.5. The third-order valence-electron chi connectivity index (χ3n) is 5.18. The monoisotopic (exact) mass is 496 g/mol. The SMILES string of the molecule is CCOc1cc(C(=O)NNC(=O)c2cn[nH]c2-c2ccc3c(c2)OCCO3)cc(OCC)c1OCC. The van der Waals surface area contributed by atoms with Gasteiger partial charge in [0, 0.05) is 11.1 Å². The third kappa shape index (κ3) is 5.29. The van der Waals surface area contributed by atoms with Crippen LogP contribution in [0.4, 0.5) is 0 Å². The van der Waals surface area contributed by atoms with E-state index in [1.165, 1.54) is 18.3 Å². The molecule has 0 radical (unpaired) electrons.